The van der Waals surface area contributed by atoms with Gasteiger partial charge in [0.05, 0.1) is 5.69 Å². The highest BCUT2D eigenvalue weighted by molar-refractivity contribution is 5.67. The minimum absolute atomic E-state index is 0.120. The van der Waals surface area contributed by atoms with E-state index < -0.39 is 0 Å². The number of aliphatic hydroxyl groups excluding tert-OH is 1. The third-order valence-electron chi connectivity index (χ3n) is 2.14. The third kappa shape index (κ3) is 1.42. The molecule has 1 N–H and O–H groups in total. The number of aryl methyl sites for hydroxylation is 1. The molecule has 14 heavy (non-hydrogen) atoms. The first-order valence-corrected chi connectivity index (χ1v) is 4.44. The van der Waals surface area contributed by atoms with Crippen LogP contribution in [0.2, 0.25) is 0 Å². The molecule has 0 spiro atoms. The summed E-state index contributed by atoms with van der Waals surface area (Å²) in [5.74, 6) is 0.522. The maximum atomic E-state index is 9.06. The van der Waals surface area contributed by atoms with Crippen molar-refractivity contribution >= 4 is 0 Å². The summed E-state index contributed by atoms with van der Waals surface area (Å²) >= 11 is 0. The van der Waals surface area contributed by atoms with E-state index in [1.807, 2.05) is 37.3 Å². The largest absolute Gasteiger partial charge is 0.388 e. The van der Waals surface area contributed by atoms with Gasteiger partial charge in [0.2, 0.25) is 0 Å². The fraction of sp³-hybridized carbons (Fsp3) is 0.182. The smallest absolute Gasteiger partial charge is 0.170 e. The molecule has 0 saturated heterocycles. The summed E-state index contributed by atoms with van der Waals surface area (Å²) in [5, 5.41) is 12.9. The first-order chi connectivity index (χ1) is 6.83. The van der Waals surface area contributed by atoms with Gasteiger partial charge in [-0.1, -0.05) is 35.5 Å². The van der Waals surface area contributed by atoms with E-state index in [-0.39, 0.29) is 6.61 Å². The number of hydrogen-bond donors (Lipinski definition) is 1. The van der Waals surface area contributed by atoms with Crippen molar-refractivity contribution in [1.29, 1.82) is 0 Å². The van der Waals surface area contributed by atoms with Gasteiger partial charge in [0.25, 0.3) is 0 Å². The molecule has 1 aromatic carbocycles. The van der Waals surface area contributed by atoms with Crippen molar-refractivity contribution in [2.45, 2.75) is 13.5 Å². The van der Waals surface area contributed by atoms with Crippen molar-refractivity contribution in [3.05, 3.63) is 41.8 Å². The minimum atomic E-state index is -0.120. The monoisotopic (exact) mass is 189 g/mol. The molecule has 2 rings (SSSR count). The zero-order valence-corrected chi connectivity index (χ0v) is 7.90. The Bertz CT molecular complexity index is 420. The first-order valence-electron chi connectivity index (χ1n) is 4.44. The SMILES string of the molecule is Cc1noc(CO)c1-c1ccccc1. The number of rotatable bonds is 2. The number of aromatic nitrogens is 1. The Labute approximate surface area is 82.0 Å². The van der Waals surface area contributed by atoms with Gasteiger partial charge in [0.15, 0.2) is 5.76 Å². The van der Waals surface area contributed by atoms with Crippen molar-refractivity contribution < 1.29 is 9.63 Å². The second-order valence-electron chi connectivity index (χ2n) is 3.09. The van der Waals surface area contributed by atoms with Crippen molar-refractivity contribution in [1.82, 2.24) is 5.16 Å². The van der Waals surface area contributed by atoms with Crippen LogP contribution in [0.3, 0.4) is 0 Å². The molecule has 0 amide bonds. The predicted octanol–water partition coefficient (Wildman–Crippen LogP) is 2.14. The van der Waals surface area contributed by atoms with Crippen LogP contribution in [-0.2, 0) is 6.61 Å². The van der Waals surface area contributed by atoms with Crippen molar-refractivity contribution in [3.8, 4) is 11.1 Å². The average Bonchev–Trinajstić information content (AvgIpc) is 2.61. The van der Waals surface area contributed by atoms with Crippen LogP contribution in [0.1, 0.15) is 11.5 Å². The van der Waals surface area contributed by atoms with Gasteiger partial charge in [-0.15, -0.1) is 0 Å². The third-order valence-corrected chi connectivity index (χ3v) is 2.14. The molecule has 0 atom stereocenters. The molecule has 3 nitrogen and oxygen atoms in total. The highest BCUT2D eigenvalue weighted by atomic mass is 16.5. The van der Waals surface area contributed by atoms with Crippen LogP contribution in [0.25, 0.3) is 11.1 Å². The fourth-order valence-corrected chi connectivity index (χ4v) is 1.50. The first kappa shape index (κ1) is 8.97. The lowest BCUT2D eigenvalue weighted by Gasteiger charge is -1.99. The lowest BCUT2D eigenvalue weighted by atomic mass is 10.0. The van der Waals surface area contributed by atoms with E-state index in [0.29, 0.717) is 5.76 Å². The van der Waals surface area contributed by atoms with Crippen LogP contribution in [0.4, 0.5) is 0 Å². The number of hydrogen-bond acceptors (Lipinski definition) is 3. The summed E-state index contributed by atoms with van der Waals surface area (Å²) in [5.41, 5.74) is 2.73. The van der Waals surface area contributed by atoms with Crippen LogP contribution >= 0.6 is 0 Å². The summed E-state index contributed by atoms with van der Waals surface area (Å²) in [6.07, 6.45) is 0. The summed E-state index contributed by atoms with van der Waals surface area (Å²) in [6.45, 7) is 1.75. The second kappa shape index (κ2) is 3.64. The zero-order valence-electron chi connectivity index (χ0n) is 7.90. The Morgan fingerprint density at radius 2 is 2.00 bits per heavy atom. The van der Waals surface area contributed by atoms with Gasteiger partial charge in [-0.05, 0) is 12.5 Å². The highest BCUT2D eigenvalue weighted by Gasteiger charge is 2.13. The molecule has 2 aromatic rings. The molecule has 0 radical (unpaired) electrons. The minimum Gasteiger partial charge on any atom is -0.388 e. The molecule has 72 valence electrons. The van der Waals surface area contributed by atoms with Crippen LogP contribution in [0, 0.1) is 6.92 Å². The van der Waals surface area contributed by atoms with Gasteiger partial charge in [-0.2, -0.15) is 0 Å². The van der Waals surface area contributed by atoms with E-state index in [9.17, 15) is 0 Å². The van der Waals surface area contributed by atoms with E-state index in [1.54, 1.807) is 0 Å². The van der Waals surface area contributed by atoms with E-state index in [0.717, 1.165) is 16.8 Å². The molecule has 0 aliphatic carbocycles. The van der Waals surface area contributed by atoms with Crippen molar-refractivity contribution in [2.24, 2.45) is 0 Å². The van der Waals surface area contributed by atoms with E-state index >= 15 is 0 Å². The lowest BCUT2D eigenvalue weighted by molar-refractivity contribution is 0.229. The topological polar surface area (TPSA) is 46.3 Å². The van der Waals surface area contributed by atoms with Gasteiger partial charge >= 0.3 is 0 Å². The van der Waals surface area contributed by atoms with Gasteiger partial charge in [0.1, 0.15) is 6.61 Å². The molecular formula is C11H11NO2. The van der Waals surface area contributed by atoms with Gasteiger partial charge in [-0.3, -0.25) is 0 Å². The van der Waals surface area contributed by atoms with Gasteiger partial charge in [0, 0.05) is 5.56 Å². The molecule has 0 aliphatic heterocycles. The standard InChI is InChI=1S/C11H11NO2/c1-8-11(10(7-13)14-12-8)9-5-3-2-4-6-9/h2-6,13H,7H2,1H3. The summed E-state index contributed by atoms with van der Waals surface area (Å²) < 4.78 is 5.00. The van der Waals surface area contributed by atoms with Crippen LogP contribution in [0.5, 0.6) is 0 Å². The Morgan fingerprint density at radius 1 is 1.29 bits per heavy atom. The zero-order chi connectivity index (χ0) is 9.97. The Hall–Kier alpha value is -1.61. The number of aliphatic hydroxyl groups is 1. The molecular weight excluding hydrogens is 178 g/mol. The maximum Gasteiger partial charge on any atom is 0.170 e. The number of nitrogens with zero attached hydrogens (tertiary/aromatic N) is 1. The molecule has 3 heteroatoms. The van der Waals surface area contributed by atoms with E-state index in [1.165, 1.54) is 0 Å². The molecule has 1 aromatic heterocycles. The maximum absolute atomic E-state index is 9.06. The van der Waals surface area contributed by atoms with Crippen molar-refractivity contribution in [3.63, 3.8) is 0 Å². The Kier molecular flexibility index (Phi) is 2.33. The van der Waals surface area contributed by atoms with Crippen molar-refractivity contribution in [2.75, 3.05) is 0 Å². The van der Waals surface area contributed by atoms with E-state index in [2.05, 4.69) is 5.16 Å². The highest BCUT2D eigenvalue weighted by Crippen LogP contribution is 2.26. The predicted molar refractivity (Wildman–Crippen MR) is 52.6 cm³/mol. The fourth-order valence-electron chi connectivity index (χ4n) is 1.50. The van der Waals surface area contributed by atoms with Gasteiger partial charge < -0.3 is 9.63 Å². The van der Waals surface area contributed by atoms with Crippen LogP contribution in [-0.4, -0.2) is 10.3 Å². The number of benzene rings is 1. The normalized spacial score (nSPS) is 10.4. The molecule has 0 aliphatic rings. The van der Waals surface area contributed by atoms with Crippen LogP contribution < -0.4 is 0 Å². The quantitative estimate of drug-likeness (QED) is 0.787. The molecule has 1 heterocycles. The Morgan fingerprint density at radius 3 is 2.64 bits per heavy atom. The second-order valence-corrected chi connectivity index (χ2v) is 3.09. The molecule has 0 fully saturated rings. The average molecular weight is 189 g/mol. The van der Waals surface area contributed by atoms with Crippen LogP contribution in [0.15, 0.2) is 34.9 Å². The summed E-state index contributed by atoms with van der Waals surface area (Å²) in [7, 11) is 0. The van der Waals surface area contributed by atoms with E-state index in [4.69, 9.17) is 9.63 Å². The molecule has 0 unspecified atom stereocenters. The lowest BCUT2D eigenvalue weighted by Crippen LogP contribution is -1.85. The molecule has 0 saturated carbocycles. The Balaban J connectivity index is 2.55. The van der Waals surface area contributed by atoms with Gasteiger partial charge in [-0.25, -0.2) is 0 Å². The summed E-state index contributed by atoms with van der Waals surface area (Å²) in [4.78, 5) is 0. The molecule has 0 bridgehead atoms. The summed E-state index contributed by atoms with van der Waals surface area (Å²) in [6, 6.07) is 9.79.